The van der Waals surface area contributed by atoms with Crippen LogP contribution in [0.3, 0.4) is 0 Å². The predicted octanol–water partition coefficient (Wildman–Crippen LogP) is 2.65. The maximum Gasteiger partial charge on any atom is 0.332 e. The zero-order valence-electron chi connectivity index (χ0n) is 17.9. The Morgan fingerprint density at radius 3 is 2.17 bits per heavy atom. The number of nitrogens with two attached hydrogens (primary N) is 1. The summed E-state index contributed by atoms with van der Waals surface area (Å²) in [5, 5.41) is 1.56. The van der Waals surface area contributed by atoms with Crippen LogP contribution in [0.2, 0.25) is 0 Å². The molecular formula is C22H33N3O4S. The van der Waals surface area contributed by atoms with E-state index in [1.54, 1.807) is 20.0 Å². The summed E-state index contributed by atoms with van der Waals surface area (Å²) in [7, 11) is 0. The summed E-state index contributed by atoms with van der Waals surface area (Å²) >= 11 is 5.00. The molecule has 2 atom stereocenters. The molecule has 7 nitrogen and oxygen atoms in total. The van der Waals surface area contributed by atoms with E-state index in [1.807, 2.05) is 6.08 Å². The number of carbonyl (C=O) groups is 2. The van der Waals surface area contributed by atoms with E-state index in [9.17, 15) is 9.59 Å². The second-order valence-electron chi connectivity index (χ2n) is 9.71. The molecule has 4 aliphatic carbocycles. The number of nitrogens with zero attached hydrogens (tertiary/aromatic N) is 1. The largest absolute Gasteiger partial charge is 0.465 e. The zero-order valence-corrected chi connectivity index (χ0v) is 18.7. The highest BCUT2D eigenvalue weighted by molar-refractivity contribution is 7.80. The molecule has 0 spiro atoms. The SMILES string of the molecule is CCOC(=O)C1N(NC(N)=S)C=CC1(CC12CC3CC(CC(C3)C1)C2)C(=O)OCC. The van der Waals surface area contributed by atoms with E-state index < -0.39 is 17.4 Å². The van der Waals surface area contributed by atoms with Crippen molar-refractivity contribution in [1.82, 2.24) is 10.4 Å². The Balaban J connectivity index is 1.71. The Hall–Kier alpha value is -1.83. The van der Waals surface area contributed by atoms with Gasteiger partial charge in [-0.25, -0.2) is 4.79 Å². The predicted molar refractivity (Wildman–Crippen MR) is 116 cm³/mol. The molecule has 4 fully saturated rings. The van der Waals surface area contributed by atoms with E-state index in [1.165, 1.54) is 24.3 Å². The standard InChI is InChI=1S/C22H33N3O4S/c1-3-28-18(26)17-22(19(27)29-4-2,5-6-25(17)24-20(23)30)13-21-10-14-7-15(11-21)9-16(8-14)12-21/h5-6,14-17H,3-4,7-13H2,1-2H3,(H3,23,24,30). The summed E-state index contributed by atoms with van der Waals surface area (Å²) in [6, 6.07) is -0.897. The van der Waals surface area contributed by atoms with Gasteiger partial charge in [-0.1, -0.05) is 0 Å². The van der Waals surface area contributed by atoms with Gasteiger partial charge in [-0.2, -0.15) is 0 Å². The van der Waals surface area contributed by atoms with Gasteiger partial charge < -0.3 is 15.2 Å². The number of hydrogen-bond acceptors (Lipinski definition) is 6. The van der Waals surface area contributed by atoms with Crippen LogP contribution in [-0.2, 0) is 19.1 Å². The maximum atomic E-state index is 13.4. The lowest BCUT2D eigenvalue weighted by Gasteiger charge is -2.58. The third-order valence-electron chi connectivity index (χ3n) is 7.54. The minimum Gasteiger partial charge on any atom is -0.465 e. The van der Waals surface area contributed by atoms with Crippen LogP contribution in [0.4, 0.5) is 0 Å². The van der Waals surface area contributed by atoms with Crippen LogP contribution in [0.1, 0.15) is 58.8 Å². The second kappa shape index (κ2) is 8.02. The fourth-order valence-electron chi connectivity index (χ4n) is 7.21. The molecule has 0 aromatic carbocycles. The molecule has 30 heavy (non-hydrogen) atoms. The molecule has 0 radical (unpaired) electrons. The van der Waals surface area contributed by atoms with E-state index in [0.717, 1.165) is 37.0 Å². The first-order valence-corrected chi connectivity index (χ1v) is 11.6. The fraction of sp³-hybridized carbons (Fsp3) is 0.773. The van der Waals surface area contributed by atoms with Crippen molar-refractivity contribution in [2.75, 3.05) is 13.2 Å². The van der Waals surface area contributed by atoms with Gasteiger partial charge in [0.2, 0.25) is 0 Å². The van der Waals surface area contributed by atoms with E-state index in [0.29, 0.717) is 6.42 Å². The minimum absolute atomic E-state index is 0.0309. The van der Waals surface area contributed by atoms with Crippen LogP contribution < -0.4 is 11.2 Å². The summed E-state index contributed by atoms with van der Waals surface area (Å²) < 4.78 is 10.9. The molecule has 166 valence electrons. The van der Waals surface area contributed by atoms with Crippen molar-refractivity contribution >= 4 is 29.3 Å². The number of thiocarbonyl (C=S) groups is 1. The Bertz CT molecular complexity index is 719. The van der Waals surface area contributed by atoms with Crippen LogP contribution in [0.15, 0.2) is 12.3 Å². The number of hydrazine groups is 1. The molecular weight excluding hydrogens is 402 g/mol. The van der Waals surface area contributed by atoms with Gasteiger partial charge in [-0.05, 0) is 100 Å². The highest BCUT2D eigenvalue weighted by Gasteiger charge is 2.61. The lowest BCUT2D eigenvalue weighted by molar-refractivity contribution is -0.171. The quantitative estimate of drug-likeness (QED) is 0.466. The van der Waals surface area contributed by atoms with Crippen LogP contribution in [0.5, 0.6) is 0 Å². The normalized spacial score (nSPS) is 38.5. The van der Waals surface area contributed by atoms with Crippen LogP contribution >= 0.6 is 12.2 Å². The lowest BCUT2D eigenvalue weighted by Crippen LogP contribution is -2.59. The average molecular weight is 436 g/mol. The minimum atomic E-state index is -1.12. The highest BCUT2D eigenvalue weighted by atomic mass is 32.1. The second-order valence-corrected chi connectivity index (χ2v) is 10.1. The first-order chi connectivity index (χ1) is 14.3. The number of esters is 2. The summed E-state index contributed by atoms with van der Waals surface area (Å²) in [6.45, 7) is 4.04. The monoisotopic (exact) mass is 435 g/mol. The van der Waals surface area contributed by atoms with Crippen molar-refractivity contribution in [3.63, 3.8) is 0 Å². The number of ether oxygens (including phenoxy) is 2. The van der Waals surface area contributed by atoms with Gasteiger partial charge >= 0.3 is 11.9 Å². The van der Waals surface area contributed by atoms with Crippen molar-refractivity contribution in [2.45, 2.75) is 64.8 Å². The van der Waals surface area contributed by atoms with Crippen LogP contribution in [0, 0.1) is 28.6 Å². The van der Waals surface area contributed by atoms with Gasteiger partial charge in [0.25, 0.3) is 0 Å². The van der Waals surface area contributed by atoms with Crippen LogP contribution in [0.25, 0.3) is 0 Å². The van der Waals surface area contributed by atoms with Gasteiger partial charge in [0.05, 0.1) is 13.2 Å². The van der Waals surface area contributed by atoms with Crippen molar-refractivity contribution in [1.29, 1.82) is 0 Å². The summed E-state index contributed by atoms with van der Waals surface area (Å²) in [6.07, 6.45) is 11.4. The molecule has 8 heteroatoms. The fourth-order valence-corrected chi connectivity index (χ4v) is 7.32. The molecule has 0 aromatic heterocycles. The molecule has 2 unspecified atom stereocenters. The van der Waals surface area contributed by atoms with E-state index in [4.69, 9.17) is 27.4 Å². The molecule has 5 aliphatic rings. The first kappa shape index (κ1) is 21.4. The summed E-state index contributed by atoms with van der Waals surface area (Å²) in [5.41, 5.74) is 7.48. The van der Waals surface area contributed by atoms with Crippen molar-refractivity contribution < 1.29 is 19.1 Å². The Morgan fingerprint density at radius 2 is 1.67 bits per heavy atom. The van der Waals surface area contributed by atoms with Crippen molar-refractivity contribution in [3.8, 4) is 0 Å². The third-order valence-corrected chi connectivity index (χ3v) is 7.63. The summed E-state index contributed by atoms with van der Waals surface area (Å²) in [4.78, 5) is 26.6. The maximum absolute atomic E-state index is 13.4. The molecule has 4 saturated carbocycles. The van der Waals surface area contributed by atoms with Gasteiger partial charge in [-0.15, -0.1) is 0 Å². The van der Waals surface area contributed by atoms with E-state index in [-0.39, 0.29) is 29.7 Å². The first-order valence-electron chi connectivity index (χ1n) is 11.2. The Morgan fingerprint density at radius 1 is 1.10 bits per heavy atom. The molecule has 1 heterocycles. The number of hydrogen-bond donors (Lipinski definition) is 2. The molecule has 0 saturated heterocycles. The number of nitrogens with one attached hydrogen (secondary N) is 1. The molecule has 0 amide bonds. The molecule has 1 aliphatic heterocycles. The van der Waals surface area contributed by atoms with Gasteiger partial charge in [0.15, 0.2) is 11.2 Å². The number of carbonyl (C=O) groups excluding carboxylic acids is 2. The van der Waals surface area contributed by atoms with E-state index >= 15 is 0 Å². The molecule has 5 rings (SSSR count). The topological polar surface area (TPSA) is 93.9 Å². The van der Waals surface area contributed by atoms with E-state index in [2.05, 4.69) is 5.43 Å². The van der Waals surface area contributed by atoms with Crippen molar-refractivity contribution in [2.24, 2.45) is 34.3 Å². The molecule has 0 aromatic rings. The third kappa shape index (κ3) is 3.67. The Kier molecular flexibility index (Phi) is 5.72. The smallest absolute Gasteiger partial charge is 0.332 e. The highest BCUT2D eigenvalue weighted by Crippen LogP contribution is 2.64. The summed E-state index contributed by atoms with van der Waals surface area (Å²) in [5.74, 6) is 1.39. The van der Waals surface area contributed by atoms with Gasteiger partial charge in [0.1, 0.15) is 5.41 Å². The average Bonchev–Trinajstić information content (AvgIpc) is 2.98. The zero-order chi connectivity index (χ0) is 21.5. The lowest BCUT2D eigenvalue weighted by atomic mass is 9.46. The number of rotatable bonds is 7. The Labute approximate surface area is 183 Å². The van der Waals surface area contributed by atoms with Gasteiger partial charge in [-0.3, -0.25) is 15.2 Å². The molecule has 3 N–H and O–H groups in total. The van der Waals surface area contributed by atoms with Gasteiger partial charge in [0, 0.05) is 6.20 Å². The molecule has 4 bridgehead atoms. The van der Waals surface area contributed by atoms with Crippen LogP contribution in [-0.4, -0.2) is 41.3 Å². The van der Waals surface area contributed by atoms with Crippen molar-refractivity contribution in [3.05, 3.63) is 12.3 Å².